The first-order chi connectivity index (χ1) is 15.1. The highest BCUT2D eigenvalue weighted by Crippen LogP contribution is 2.42. The summed E-state index contributed by atoms with van der Waals surface area (Å²) in [6, 6.07) is 27.0. The molecule has 4 nitrogen and oxygen atoms in total. The van der Waals surface area contributed by atoms with Gasteiger partial charge in [-0.1, -0.05) is 45.8 Å². The van der Waals surface area contributed by atoms with Crippen molar-refractivity contribution in [3.8, 4) is 5.69 Å². The molecule has 0 spiro atoms. The highest BCUT2D eigenvalue weighted by molar-refractivity contribution is 9.10. The van der Waals surface area contributed by atoms with Crippen molar-refractivity contribution in [1.29, 1.82) is 0 Å². The van der Waals surface area contributed by atoms with Crippen LogP contribution in [-0.2, 0) is 0 Å². The van der Waals surface area contributed by atoms with Crippen LogP contribution in [-0.4, -0.2) is 14.7 Å². The third-order valence-electron chi connectivity index (χ3n) is 5.58. The van der Waals surface area contributed by atoms with Gasteiger partial charge in [0, 0.05) is 33.9 Å². The third kappa shape index (κ3) is 3.77. The minimum Gasteiger partial charge on any atom is -0.351 e. The van der Waals surface area contributed by atoms with E-state index >= 15 is 0 Å². The Bertz CT molecular complexity index is 1220. The number of benzene rings is 2. The van der Waals surface area contributed by atoms with Gasteiger partial charge in [-0.2, -0.15) is 0 Å². The number of rotatable bonds is 4. The first-order valence-corrected chi connectivity index (χ1v) is 11.3. The van der Waals surface area contributed by atoms with Gasteiger partial charge in [0.1, 0.15) is 6.04 Å². The minimum atomic E-state index is -0.0733. The van der Waals surface area contributed by atoms with Crippen LogP contribution in [0.15, 0.2) is 95.7 Å². The van der Waals surface area contributed by atoms with E-state index in [-0.39, 0.29) is 12.1 Å². The zero-order chi connectivity index (χ0) is 21.4. The van der Waals surface area contributed by atoms with Crippen LogP contribution in [0.2, 0.25) is 0 Å². The van der Waals surface area contributed by atoms with Gasteiger partial charge in [0.25, 0.3) is 0 Å². The van der Waals surface area contributed by atoms with E-state index in [0.29, 0.717) is 5.11 Å². The maximum Gasteiger partial charge on any atom is 0.174 e. The molecule has 0 bridgehead atoms. The molecule has 1 fully saturated rings. The monoisotopic (exact) mass is 488 g/mol. The first-order valence-electron chi connectivity index (χ1n) is 10.1. The van der Waals surface area contributed by atoms with Crippen LogP contribution in [0.4, 0.5) is 5.69 Å². The standard InChI is InChI=1S/C25H21BrN4S/c1-17-10-12-19(13-11-17)30-24(23(28-25(30)31)21-8-2-3-14-27-21)22-9-5-15-29(22)20-7-4-6-18(26)16-20/h2-16,23-24H,1H3,(H,28,31)/t23-,24+/m0/s1. The summed E-state index contributed by atoms with van der Waals surface area (Å²) in [6.45, 7) is 2.09. The summed E-state index contributed by atoms with van der Waals surface area (Å²) < 4.78 is 3.27. The van der Waals surface area contributed by atoms with Crippen LogP contribution in [0.1, 0.15) is 29.0 Å². The van der Waals surface area contributed by atoms with Gasteiger partial charge in [-0.15, -0.1) is 0 Å². The van der Waals surface area contributed by atoms with Gasteiger partial charge in [0.15, 0.2) is 5.11 Å². The summed E-state index contributed by atoms with van der Waals surface area (Å²) in [6.07, 6.45) is 3.93. The van der Waals surface area contributed by atoms with E-state index in [1.54, 1.807) is 0 Å². The summed E-state index contributed by atoms with van der Waals surface area (Å²) in [5.74, 6) is 0. The molecule has 2 atom stereocenters. The third-order valence-corrected chi connectivity index (χ3v) is 6.39. The molecule has 3 heterocycles. The van der Waals surface area contributed by atoms with Crippen LogP contribution >= 0.6 is 28.1 Å². The Morgan fingerprint density at radius 2 is 1.77 bits per heavy atom. The van der Waals surface area contributed by atoms with Crippen molar-refractivity contribution in [2.45, 2.75) is 19.0 Å². The van der Waals surface area contributed by atoms with Crippen LogP contribution < -0.4 is 10.2 Å². The van der Waals surface area contributed by atoms with E-state index in [1.807, 2.05) is 24.4 Å². The highest BCUT2D eigenvalue weighted by atomic mass is 79.9. The quantitative estimate of drug-likeness (QED) is 0.350. The van der Waals surface area contributed by atoms with Crippen LogP contribution in [0.5, 0.6) is 0 Å². The summed E-state index contributed by atoms with van der Waals surface area (Å²) in [5, 5.41) is 4.23. The van der Waals surface area contributed by atoms with Crippen molar-refractivity contribution in [1.82, 2.24) is 14.9 Å². The summed E-state index contributed by atoms with van der Waals surface area (Å²) in [5.41, 5.74) is 5.48. The molecular weight excluding hydrogens is 468 g/mol. The van der Waals surface area contributed by atoms with Crippen molar-refractivity contribution in [3.05, 3.63) is 113 Å². The molecule has 1 aliphatic heterocycles. The predicted molar refractivity (Wildman–Crippen MR) is 133 cm³/mol. The second-order valence-electron chi connectivity index (χ2n) is 7.62. The average Bonchev–Trinajstić information content (AvgIpc) is 3.39. The number of hydrogen-bond acceptors (Lipinski definition) is 2. The van der Waals surface area contributed by atoms with Gasteiger partial charge in [-0.05, 0) is 73.7 Å². The lowest BCUT2D eigenvalue weighted by Gasteiger charge is -2.29. The molecule has 0 unspecified atom stereocenters. The summed E-state index contributed by atoms with van der Waals surface area (Å²) in [4.78, 5) is 6.85. The maximum absolute atomic E-state index is 5.83. The molecule has 6 heteroatoms. The van der Waals surface area contributed by atoms with Gasteiger partial charge >= 0.3 is 0 Å². The molecule has 2 aromatic heterocycles. The molecule has 1 N–H and O–H groups in total. The lowest BCUT2D eigenvalue weighted by Crippen LogP contribution is -2.30. The van der Waals surface area contributed by atoms with Crippen molar-refractivity contribution < 1.29 is 0 Å². The SMILES string of the molecule is Cc1ccc(N2C(=S)N[C@@H](c3ccccn3)[C@H]2c2cccn2-c2cccc(Br)c2)cc1. The predicted octanol–water partition coefficient (Wildman–Crippen LogP) is 6.12. The summed E-state index contributed by atoms with van der Waals surface area (Å²) >= 11 is 9.44. The second kappa shape index (κ2) is 8.29. The van der Waals surface area contributed by atoms with Crippen LogP contribution in [0.3, 0.4) is 0 Å². The van der Waals surface area contributed by atoms with Crippen molar-refractivity contribution in [3.63, 3.8) is 0 Å². The molecule has 5 rings (SSSR count). The number of pyridine rings is 1. The molecular formula is C25H21BrN4S. The van der Waals surface area contributed by atoms with Crippen LogP contribution in [0, 0.1) is 6.92 Å². The number of anilines is 1. The fourth-order valence-corrected chi connectivity index (χ4v) is 4.87. The Kier molecular flexibility index (Phi) is 5.34. The lowest BCUT2D eigenvalue weighted by molar-refractivity contribution is 0.549. The zero-order valence-electron chi connectivity index (χ0n) is 16.9. The molecule has 1 saturated heterocycles. The smallest absolute Gasteiger partial charge is 0.174 e. The number of hydrogen-bond donors (Lipinski definition) is 1. The van der Waals surface area contributed by atoms with Gasteiger partial charge in [0.05, 0.1) is 11.7 Å². The van der Waals surface area contributed by atoms with Gasteiger partial charge in [-0.25, -0.2) is 0 Å². The van der Waals surface area contributed by atoms with E-state index in [4.69, 9.17) is 12.2 Å². The molecule has 2 aromatic carbocycles. The lowest BCUT2D eigenvalue weighted by atomic mass is 10.0. The molecule has 0 saturated carbocycles. The number of thiocarbonyl (C=S) groups is 1. The van der Waals surface area contributed by atoms with Gasteiger partial charge < -0.3 is 14.8 Å². The molecule has 154 valence electrons. The van der Waals surface area contributed by atoms with Crippen molar-refractivity contribution >= 4 is 38.9 Å². The summed E-state index contributed by atoms with van der Waals surface area (Å²) in [7, 11) is 0. The highest BCUT2D eigenvalue weighted by Gasteiger charge is 2.42. The zero-order valence-corrected chi connectivity index (χ0v) is 19.3. The van der Waals surface area contributed by atoms with Crippen molar-refractivity contribution in [2.75, 3.05) is 4.90 Å². The molecule has 4 aromatic rings. The fraction of sp³-hybridized carbons (Fsp3) is 0.120. The first kappa shape index (κ1) is 20.0. The Labute approximate surface area is 195 Å². The maximum atomic E-state index is 5.83. The van der Waals surface area contributed by atoms with E-state index in [2.05, 4.69) is 109 Å². The largest absolute Gasteiger partial charge is 0.351 e. The van der Waals surface area contributed by atoms with Crippen LogP contribution in [0.25, 0.3) is 5.69 Å². The number of aryl methyl sites for hydroxylation is 1. The van der Waals surface area contributed by atoms with E-state index in [0.717, 1.165) is 27.2 Å². The van der Waals surface area contributed by atoms with Crippen molar-refractivity contribution in [2.24, 2.45) is 0 Å². The number of aromatic nitrogens is 2. The average molecular weight is 489 g/mol. The van der Waals surface area contributed by atoms with Gasteiger partial charge in [0.2, 0.25) is 0 Å². The molecule has 0 radical (unpaired) electrons. The topological polar surface area (TPSA) is 33.1 Å². The Morgan fingerprint density at radius 1 is 0.935 bits per heavy atom. The number of nitrogens with one attached hydrogen (secondary N) is 1. The minimum absolute atomic E-state index is 0.0564. The molecule has 31 heavy (non-hydrogen) atoms. The normalized spacial score (nSPS) is 18.3. The van der Waals surface area contributed by atoms with Gasteiger partial charge in [-0.3, -0.25) is 4.98 Å². The van der Waals surface area contributed by atoms with E-state index in [9.17, 15) is 0 Å². The number of nitrogens with zero attached hydrogens (tertiary/aromatic N) is 3. The second-order valence-corrected chi connectivity index (χ2v) is 8.92. The molecule has 0 aliphatic carbocycles. The van der Waals surface area contributed by atoms with E-state index < -0.39 is 0 Å². The number of halogens is 1. The fourth-order valence-electron chi connectivity index (χ4n) is 4.14. The Hall–Kier alpha value is -2.96. The Morgan fingerprint density at radius 3 is 2.52 bits per heavy atom. The molecule has 1 aliphatic rings. The molecule has 0 amide bonds. The van der Waals surface area contributed by atoms with E-state index in [1.165, 1.54) is 5.56 Å². The Balaban J connectivity index is 1.67.